The Morgan fingerprint density at radius 3 is 2.15 bits per heavy atom. The van der Waals surface area contributed by atoms with Gasteiger partial charge in [0.05, 0.1) is 22.5 Å². The molecule has 2 heterocycles. The maximum absolute atomic E-state index is 13.9. The summed E-state index contributed by atoms with van der Waals surface area (Å²) < 4.78 is 0. The van der Waals surface area contributed by atoms with Gasteiger partial charge in [-0.15, -0.1) is 0 Å². The molecule has 0 radical (unpaired) electrons. The van der Waals surface area contributed by atoms with E-state index < -0.39 is 5.91 Å². The van der Waals surface area contributed by atoms with Crippen LogP contribution in [0.25, 0.3) is 5.57 Å². The summed E-state index contributed by atoms with van der Waals surface area (Å²) in [7, 11) is 4.02. The van der Waals surface area contributed by atoms with Crippen molar-refractivity contribution in [3.63, 3.8) is 0 Å². The first-order valence-electron chi connectivity index (χ1n) is 13.7. The van der Waals surface area contributed by atoms with Crippen LogP contribution in [0.5, 0.6) is 0 Å². The lowest BCUT2D eigenvalue weighted by Crippen LogP contribution is -2.36. The van der Waals surface area contributed by atoms with E-state index in [9.17, 15) is 19.5 Å². The summed E-state index contributed by atoms with van der Waals surface area (Å²) in [6.07, 6.45) is 3.73. The molecule has 0 saturated carbocycles. The minimum atomic E-state index is -0.391. The van der Waals surface area contributed by atoms with Gasteiger partial charge in [0, 0.05) is 73.4 Å². The van der Waals surface area contributed by atoms with Crippen molar-refractivity contribution >= 4 is 40.3 Å². The Bertz CT molecular complexity index is 1570. The van der Waals surface area contributed by atoms with Crippen molar-refractivity contribution in [1.82, 2.24) is 4.90 Å². The monoisotopic (exact) mass is 542 g/mol. The highest BCUT2D eigenvalue weighted by molar-refractivity contribution is 6.42. The third-order valence-electron chi connectivity index (χ3n) is 9.70. The SMILES string of the molecule is CC(=O)N=C1C=C2C(=CC1=C1C(=O)C(c3cc4c(cc3NC(C)=O)N(C)C(C)C4(C)C)=C1O)C(C)(C)C(C)N2C. The molecule has 1 aromatic carbocycles. The number of likely N-dealkylation sites (N-methyl/N-ethyl adjacent to an activating group) is 2. The summed E-state index contributed by atoms with van der Waals surface area (Å²) >= 11 is 0. The molecule has 2 unspecified atom stereocenters. The number of aliphatic hydroxyl groups is 1. The van der Waals surface area contributed by atoms with Gasteiger partial charge in [0.25, 0.3) is 0 Å². The van der Waals surface area contributed by atoms with E-state index in [0.29, 0.717) is 22.5 Å². The number of carbonyl (C=O) groups excluding carboxylic acids is 3. The second kappa shape index (κ2) is 8.78. The number of nitrogens with zero attached hydrogens (tertiary/aromatic N) is 3. The normalized spacial score (nSPS) is 27.4. The number of aliphatic imine (C=N–C) groups is 1. The van der Waals surface area contributed by atoms with Gasteiger partial charge in [-0.3, -0.25) is 14.4 Å². The molecule has 2 atom stereocenters. The predicted octanol–water partition coefficient (Wildman–Crippen LogP) is 5.08. The summed E-state index contributed by atoms with van der Waals surface area (Å²) in [6, 6.07) is 4.18. The van der Waals surface area contributed by atoms with Gasteiger partial charge >= 0.3 is 0 Å². The van der Waals surface area contributed by atoms with Gasteiger partial charge in [0.1, 0.15) is 5.76 Å². The van der Waals surface area contributed by atoms with Crippen molar-refractivity contribution in [3.05, 3.63) is 63.6 Å². The minimum Gasteiger partial charge on any atom is -0.506 e. The molecule has 0 bridgehead atoms. The van der Waals surface area contributed by atoms with Crippen LogP contribution >= 0.6 is 0 Å². The number of allylic oxidation sites excluding steroid dienone is 6. The Hall–Kier alpha value is -3.94. The van der Waals surface area contributed by atoms with Gasteiger partial charge in [-0.25, -0.2) is 4.99 Å². The van der Waals surface area contributed by atoms with Crippen molar-refractivity contribution in [2.24, 2.45) is 10.4 Å². The molecule has 5 rings (SSSR count). The molecule has 40 heavy (non-hydrogen) atoms. The number of aliphatic hydroxyl groups excluding tert-OH is 1. The fourth-order valence-electron chi connectivity index (χ4n) is 6.48. The van der Waals surface area contributed by atoms with Crippen LogP contribution in [0.2, 0.25) is 0 Å². The number of hydrogen-bond acceptors (Lipinski definition) is 6. The fourth-order valence-corrected chi connectivity index (χ4v) is 6.48. The number of nitrogens with one attached hydrogen (secondary N) is 1. The highest BCUT2D eigenvalue weighted by Crippen LogP contribution is 2.52. The van der Waals surface area contributed by atoms with Crippen LogP contribution in [-0.4, -0.2) is 59.5 Å². The Morgan fingerprint density at radius 1 is 0.950 bits per heavy atom. The Balaban J connectivity index is 1.73. The summed E-state index contributed by atoms with van der Waals surface area (Å²) in [6.45, 7) is 15.6. The molecule has 1 saturated heterocycles. The largest absolute Gasteiger partial charge is 0.506 e. The molecule has 1 fully saturated rings. The highest BCUT2D eigenvalue weighted by atomic mass is 16.3. The highest BCUT2D eigenvalue weighted by Gasteiger charge is 2.47. The lowest BCUT2D eigenvalue weighted by atomic mass is 9.73. The van der Waals surface area contributed by atoms with Crippen LogP contribution in [0, 0.1) is 5.41 Å². The molecule has 8 heteroatoms. The quantitative estimate of drug-likeness (QED) is 0.506. The van der Waals surface area contributed by atoms with Crippen LogP contribution < -0.4 is 10.2 Å². The molecule has 2 aliphatic carbocycles. The van der Waals surface area contributed by atoms with Crippen molar-refractivity contribution in [3.8, 4) is 0 Å². The van der Waals surface area contributed by atoms with Gasteiger partial charge in [-0.2, -0.15) is 0 Å². The van der Waals surface area contributed by atoms with Crippen LogP contribution in [-0.2, 0) is 19.8 Å². The molecule has 0 aromatic heterocycles. The molecular formula is C32H38N4O4. The van der Waals surface area contributed by atoms with E-state index in [1.54, 1.807) is 0 Å². The number of fused-ring (bicyclic) bond motifs is 2. The van der Waals surface area contributed by atoms with Crippen LogP contribution in [0.15, 0.2) is 57.5 Å². The number of amides is 2. The maximum Gasteiger partial charge on any atom is 0.243 e. The zero-order valence-electron chi connectivity index (χ0n) is 25.0. The number of rotatable bonds is 2. The molecule has 4 aliphatic rings. The molecule has 8 nitrogen and oxygen atoms in total. The second-order valence-electron chi connectivity index (χ2n) is 12.6. The third kappa shape index (κ3) is 3.72. The topological polar surface area (TPSA) is 102 Å². The minimum absolute atomic E-state index is 0.134. The average Bonchev–Trinajstić information content (AvgIpc) is 3.13. The lowest BCUT2D eigenvalue weighted by Gasteiger charge is -2.29. The molecule has 2 amide bonds. The molecule has 2 N–H and O–H groups in total. The number of ketones is 1. The third-order valence-corrected chi connectivity index (χ3v) is 9.70. The molecule has 1 aromatic rings. The van der Waals surface area contributed by atoms with Crippen molar-refractivity contribution in [2.75, 3.05) is 24.3 Å². The first kappa shape index (κ1) is 27.6. The van der Waals surface area contributed by atoms with Gasteiger partial charge < -0.3 is 20.2 Å². The molecule has 2 aliphatic heterocycles. The van der Waals surface area contributed by atoms with Crippen molar-refractivity contribution in [1.29, 1.82) is 0 Å². The molecular weight excluding hydrogens is 504 g/mol. The first-order chi connectivity index (χ1) is 18.5. The predicted molar refractivity (Wildman–Crippen MR) is 159 cm³/mol. The number of hydrogen-bond donors (Lipinski definition) is 2. The Labute approximate surface area is 235 Å². The van der Waals surface area contributed by atoms with Crippen LogP contribution in [0.4, 0.5) is 11.4 Å². The fraction of sp³-hybridized carbons (Fsp3) is 0.438. The van der Waals surface area contributed by atoms with E-state index in [4.69, 9.17) is 0 Å². The van der Waals surface area contributed by atoms with E-state index in [2.05, 4.69) is 61.7 Å². The molecule has 0 spiro atoms. The summed E-state index contributed by atoms with van der Waals surface area (Å²) in [5.74, 6) is -1.17. The van der Waals surface area contributed by atoms with E-state index in [1.165, 1.54) is 13.8 Å². The number of benzene rings is 1. The van der Waals surface area contributed by atoms with Crippen LogP contribution in [0.3, 0.4) is 0 Å². The lowest BCUT2D eigenvalue weighted by molar-refractivity contribution is -0.116. The summed E-state index contributed by atoms with van der Waals surface area (Å²) in [4.78, 5) is 46.7. The van der Waals surface area contributed by atoms with Crippen molar-refractivity contribution in [2.45, 2.75) is 72.9 Å². The summed E-state index contributed by atoms with van der Waals surface area (Å²) in [5.41, 5.74) is 5.57. The van der Waals surface area contributed by atoms with Gasteiger partial charge in [0.2, 0.25) is 17.6 Å². The van der Waals surface area contributed by atoms with Crippen molar-refractivity contribution < 1.29 is 19.5 Å². The zero-order valence-corrected chi connectivity index (χ0v) is 25.0. The van der Waals surface area contributed by atoms with E-state index in [-0.39, 0.29) is 51.5 Å². The van der Waals surface area contributed by atoms with Gasteiger partial charge in [-0.1, -0.05) is 27.7 Å². The van der Waals surface area contributed by atoms with E-state index >= 15 is 0 Å². The number of carbonyl (C=O) groups is 3. The maximum atomic E-state index is 13.9. The molecule has 210 valence electrons. The van der Waals surface area contributed by atoms with Gasteiger partial charge in [0.15, 0.2) is 0 Å². The Morgan fingerprint density at radius 2 is 1.57 bits per heavy atom. The van der Waals surface area contributed by atoms with E-state index in [1.807, 2.05) is 38.4 Å². The summed E-state index contributed by atoms with van der Waals surface area (Å²) in [5, 5.41) is 14.4. The number of anilines is 2. The van der Waals surface area contributed by atoms with Gasteiger partial charge in [-0.05, 0) is 49.3 Å². The zero-order chi connectivity index (χ0) is 29.6. The standard InChI is InChI=1S/C32H38N4O4/c1-15-31(5,6)21-11-19(23(33-17(3)37)13-25(21)35(15)9)27-29(39)28(30(27)40)20-12-22-26(14-24(20)34-18(4)38)36(10)16(2)32(22,7)8/h11-16,39H,1-10H3,(H,33,37). The van der Waals surface area contributed by atoms with E-state index in [0.717, 1.165) is 22.5 Å². The number of likely N-dealkylation sites (tertiary alicyclic amines) is 1. The first-order valence-corrected chi connectivity index (χ1v) is 13.7. The Kier molecular flexibility index (Phi) is 6.06. The number of Topliss-reactive ketones (excluding diaryl/α,β-unsaturated/α-hetero) is 1. The van der Waals surface area contributed by atoms with Crippen LogP contribution in [0.1, 0.15) is 66.5 Å². The smallest absolute Gasteiger partial charge is 0.243 e. The second-order valence-corrected chi connectivity index (χ2v) is 12.6. The average molecular weight is 543 g/mol.